The van der Waals surface area contributed by atoms with Crippen LogP contribution >= 0.6 is 43.2 Å². The number of hydrogen-bond acceptors (Lipinski definition) is 3. The van der Waals surface area contributed by atoms with Gasteiger partial charge in [0.15, 0.2) is 0 Å². The zero-order chi connectivity index (χ0) is 13.3. The molecule has 1 amide bonds. The number of carbonyl (C=O) groups is 1. The second-order valence-electron chi connectivity index (χ2n) is 4.65. The van der Waals surface area contributed by atoms with Crippen molar-refractivity contribution in [2.45, 2.75) is 38.3 Å². The molecule has 0 aromatic carbocycles. The molecule has 18 heavy (non-hydrogen) atoms. The summed E-state index contributed by atoms with van der Waals surface area (Å²) in [6.45, 7) is 2.80. The van der Waals surface area contributed by atoms with Crippen molar-refractivity contribution in [3.05, 3.63) is 19.2 Å². The van der Waals surface area contributed by atoms with Gasteiger partial charge in [-0.05, 0) is 64.1 Å². The molecule has 6 heteroatoms. The molecule has 2 atom stereocenters. The summed E-state index contributed by atoms with van der Waals surface area (Å²) in [5.74, 6) is 0.105. The Kier molecular flexibility index (Phi) is 4.86. The van der Waals surface area contributed by atoms with E-state index >= 15 is 0 Å². The summed E-state index contributed by atoms with van der Waals surface area (Å²) in [4.78, 5) is 15.2. The minimum absolute atomic E-state index is 0.0288. The van der Waals surface area contributed by atoms with Gasteiger partial charge in [-0.3, -0.25) is 4.79 Å². The maximum atomic E-state index is 12.5. The molecule has 2 unspecified atom stereocenters. The van der Waals surface area contributed by atoms with Crippen LogP contribution in [0.1, 0.15) is 35.9 Å². The first-order valence-electron chi connectivity index (χ1n) is 6.02. The molecule has 1 aromatic rings. The van der Waals surface area contributed by atoms with Gasteiger partial charge in [-0.1, -0.05) is 0 Å². The van der Waals surface area contributed by atoms with Crippen LogP contribution < -0.4 is 5.73 Å². The third-order valence-corrected chi connectivity index (χ3v) is 6.52. The number of piperidine rings is 1. The molecule has 2 rings (SSSR count). The van der Waals surface area contributed by atoms with Crippen LogP contribution in [0.15, 0.2) is 14.3 Å². The number of halogens is 2. The number of likely N-dealkylation sites (tertiary alicyclic amines) is 1. The van der Waals surface area contributed by atoms with Crippen LogP contribution in [-0.2, 0) is 0 Å². The maximum absolute atomic E-state index is 12.5. The molecule has 0 radical (unpaired) electrons. The lowest BCUT2D eigenvalue weighted by Crippen LogP contribution is -2.51. The van der Waals surface area contributed by atoms with Crippen molar-refractivity contribution in [2.24, 2.45) is 5.73 Å². The van der Waals surface area contributed by atoms with Gasteiger partial charge in [0, 0.05) is 23.1 Å². The minimum Gasteiger partial charge on any atom is -0.333 e. The molecule has 0 aliphatic carbocycles. The standard InChI is InChI=1S/C12H16Br2N2OS/c1-7(15)9-4-2-3-5-16(9)12(17)10-6-8(13)11(14)18-10/h6-7,9H,2-5,15H2,1H3. The highest BCUT2D eigenvalue weighted by Gasteiger charge is 2.30. The van der Waals surface area contributed by atoms with Crippen molar-refractivity contribution in [3.8, 4) is 0 Å². The molecule has 0 spiro atoms. The predicted octanol–water partition coefficient (Wildman–Crippen LogP) is 3.62. The number of rotatable bonds is 2. The van der Waals surface area contributed by atoms with E-state index in [1.54, 1.807) is 0 Å². The number of nitrogens with two attached hydrogens (primary N) is 1. The van der Waals surface area contributed by atoms with Crippen LogP contribution in [0.2, 0.25) is 0 Å². The first-order chi connectivity index (χ1) is 8.50. The van der Waals surface area contributed by atoms with Crippen molar-refractivity contribution in [2.75, 3.05) is 6.54 Å². The summed E-state index contributed by atoms with van der Waals surface area (Å²) in [5.41, 5.74) is 6.00. The van der Waals surface area contributed by atoms with Crippen molar-refractivity contribution in [1.29, 1.82) is 0 Å². The zero-order valence-electron chi connectivity index (χ0n) is 10.2. The largest absolute Gasteiger partial charge is 0.333 e. The fourth-order valence-corrected chi connectivity index (χ4v) is 4.34. The number of nitrogens with zero attached hydrogens (tertiary/aromatic N) is 1. The Morgan fingerprint density at radius 2 is 2.28 bits per heavy atom. The minimum atomic E-state index is 0.0288. The van der Waals surface area contributed by atoms with E-state index in [1.165, 1.54) is 11.3 Å². The Labute approximate surface area is 128 Å². The molecule has 100 valence electrons. The summed E-state index contributed by atoms with van der Waals surface area (Å²) in [7, 11) is 0. The van der Waals surface area contributed by atoms with Gasteiger partial charge in [0.05, 0.1) is 8.66 Å². The molecule has 1 aliphatic rings. The fraction of sp³-hybridized carbons (Fsp3) is 0.583. The molecule has 1 aliphatic heterocycles. The van der Waals surface area contributed by atoms with Crippen LogP contribution in [0, 0.1) is 0 Å². The monoisotopic (exact) mass is 394 g/mol. The summed E-state index contributed by atoms with van der Waals surface area (Å²) in [5, 5.41) is 0. The fourth-order valence-electron chi connectivity index (χ4n) is 2.35. The van der Waals surface area contributed by atoms with E-state index in [4.69, 9.17) is 5.73 Å². The highest BCUT2D eigenvalue weighted by molar-refractivity contribution is 9.13. The van der Waals surface area contributed by atoms with Gasteiger partial charge in [0.25, 0.3) is 5.91 Å². The van der Waals surface area contributed by atoms with Crippen LogP contribution in [-0.4, -0.2) is 29.4 Å². The molecule has 2 heterocycles. The van der Waals surface area contributed by atoms with E-state index in [9.17, 15) is 4.79 Å². The topological polar surface area (TPSA) is 46.3 Å². The molecule has 1 saturated heterocycles. The first-order valence-corrected chi connectivity index (χ1v) is 8.42. The Hall–Kier alpha value is 0.0900. The number of carbonyl (C=O) groups excluding carboxylic acids is 1. The molecule has 3 nitrogen and oxygen atoms in total. The SMILES string of the molecule is CC(N)C1CCCCN1C(=O)c1cc(Br)c(Br)s1. The van der Waals surface area contributed by atoms with Gasteiger partial charge in [0.2, 0.25) is 0 Å². The van der Waals surface area contributed by atoms with Gasteiger partial charge in [-0.15, -0.1) is 11.3 Å². The Bertz CT molecular complexity index is 428. The Morgan fingerprint density at radius 3 is 2.83 bits per heavy atom. The highest BCUT2D eigenvalue weighted by Crippen LogP contribution is 2.34. The van der Waals surface area contributed by atoms with Gasteiger partial charge >= 0.3 is 0 Å². The van der Waals surface area contributed by atoms with E-state index in [0.29, 0.717) is 0 Å². The zero-order valence-corrected chi connectivity index (χ0v) is 14.1. The first kappa shape index (κ1) is 14.5. The van der Waals surface area contributed by atoms with Crippen molar-refractivity contribution in [3.63, 3.8) is 0 Å². The third kappa shape index (κ3) is 2.98. The number of thiophene rings is 1. The normalized spacial score (nSPS) is 22.0. The average molecular weight is 396 g/mol. The molecule has 0 bridgehead atoms. The van der Waals surface area contributed by atoms with E-state index in [2.05, 4.69) is 31.9 Å². The lowest BCUT2D eigenvalue weighted by molar-refractivity contribution is 0.0589. The summed E-state index contributed by atoms with van der Waals surface area (Å²) >= 11 is 8.32. The molecular weight excluding hydrogens is 380 g/mol. The van der Waals surface area contributed by atoms with Gasteiger partial charge < -0.3 is 10.6 Å². The van der Waals surface area contributed by atoms with Crippen LogP contribution in [0.5, 0.6) is 0 Å². The maximum Gasteiger partial charge on any atom is 0.264 e. The lowest BCUT2D eigenvalue weighted by atomic mass is 9.97. The summed E-state index contributed by atoms with van der Waals surface area (Å²) < 4.78 is 1.89. The highest BCUT2D eigenvalue weighted by atomic mass is 79.9. The second kappa shape index (κ2) is 6.03. The quantitative estimate of drug-likeness (QED) is 0.831. The van der Waals surface area contributed by atoms with Crippen LogP contribution in [0.3, 0.4) is 0 Å². The summed E-state index contributed by atoms with van der Waals surface area (Å²) in [6, 6.07) is 2.08. The van der Waals surface area contributed by atoms with Crippen molar-refractivity contribution >= 4 is 49.1 Å². The molecular formula is C12H16Br2N2OS. The van der Waals surface area contributed by atoms with Crippen LogP contribution in [0.4, 0.5) is 0 Å². The van der Waals surface area contributed by atoms with Crippen molar-refractivity contribution in [1.82, 2.24) is 4.90 Å². The predicted molar refractivity (Wildman–Crippen MR) is 82.0 cm³/mol. The van der Waals surface area contributed by atoms with Gasteiger partial charge in [0.1, 0.15) is 0 Å². The van der Waals surface area contributed by atoms with E-state index < -0.39 is 0 Å². The van der Waals surface area contributed by atoms with Gasteiger partial charge in [-0.25, -0.2) is 0 Å². The van der Waals surface area contributed by atoms with E-state index in [1.807, 2.05) is 17.9 Å². The molecule has 0 saturated carbocycles. The lowest BCUT2D eigenvalue weighted by Gasteiger charge is -2.37. The molecule has 2 N–H and O–H groups in total. The molecule has 1 fully saturated rings. The van der Waals surface area contributed by atoms with Gasteiger partial charge in [-0.2, -0.15) is 0 Å². The number of amides is 1. The summed E-state index contributed by atoms with van der Waals surface area (Å²) in [6.07, 6.45) is 3.24. The van der Waals surface area contributed by atoms with E-state index in [-0.39, 0.29) is 18.0 Å². The van der Waals surface area contributed by atoms with Crippen LogP contribution in [0.25, 0.3) is 0 Å². The smallest absolute Gasteiger partial charge is 0.264 e. The van der Waals surface area contributed by atoms with Crippen molar-refractivity contribution < 1.29 is 4.79 Å². The third-order valence-electron chi connectivity index (χ3n) is 3.27. The molecule has 1 aromatic heterocycles. The second-order valence-corrected chi connectivity index (χ2v) is 7.88. The number of hydrogen-bond donors (Lipinski definition) is 1. The Balaban J connectivity index is 2.20. The van der Waals surface area contributed by atoms with E-state index in [0.717, 1.165) is 38.9 Å². The average Bonchev–Trinajstić information content (AvgIpc) is 2.68. The Morgan fingerprint density at radius 1 is 1.56 bits per heavy atom.